The number of likely N-dealkylation sites (tertiary alicyclic amines) is 1. The van der Waals surface area contributed by atoms with Crippen LogP contribution in [0.25, 0.3) is 0 Å². The highest BCUT2D eigenvalue weighted by Crippen LogP contribution is 2.32. The molecule has 1 unspecified atom stereocenters. The van der Waals surface area contributed by atoms with Crippen molar-refractivity contribution in [2.75, 3.05) is 20.2 Å². The number of pyridine rings is 1. The average Bonchev–Trinajstić information content (AvgIpc) is 2.53. The predicted molar refractivity (Wildman–Crippen MR) is 75.3 cm³/mol. The average molecular weight is 332 g/mol. The maximum Gasteiger partial charge on any atom is 0.418 e. The molecule has 5 nitrogen and oxygen atoms in total. The number of methoxy groups -OCH3 is 1. The number of carbonyl (C=O) groups is 1. The fourth-order valence-electron chi connectivity index (χ4n) is 2.77. The van der Waals surface area contributed by atoms with E-state index >= 15 is 0 Å². The summed E-state index contributed by atoms with van der Waals surface area (Å²) in [7, 11) is 1.21. The quantitative estimate of drug-likeness (QED) is 0.853. The van der Waals surface area contributed by atoms with E-state index in [2.05, 4.69) is 9.72 Å². The van der Waals surface area contributed by atoms with Crippen LogP contribution in [0.15, 0.2) is 18.3 Å². The lowest BCUT2D eigenvalue weighted by molar-refractivity contribution is -0.154. The number of aromatic nitrogens is 1. The van der Waals surface area contributed by atoms with Crippen molar-refractivity contribution in [3.05, 3.63) is 29.6 Å². The van der Waals surface area contributed by atoms with Gasteiger partial charge in [0.15, 0.2) is 6.10 Å². The highest BCUT2D eigenvalue weighted by Gasteiger charge is 2.35. The molecule has 128 valence electrons. The summed E-state index contributed by atoms with van der Waals surface area (Å²) in [6, 6.07) is 2.29. The molecule has 1 atom stereocenters. The minimum Gasteiger partial charge on any atom is -0.467 e. The summed E-state index contributed by atoms with van der Waals surface area (Å²) in [5.41, 5.74) is -0.733. The molecule has 1 aliphatic rings. The molecule has 0 aliphatic carbocycles. The number of esters is 1. The highest BCUT2D eigenvalue weighted by atomic mass is 19.4. The van der Waals surface area contributed by atoms with Crippen LogP contribution in [-0.4, -0.2) is 47.3 Å². The van der Waals surface area contributed by atoms with Crippen molar-refractivity contribution in [1.82, 2.24) is 9.88 Å². The molecule has 0 aromatic carbocycles. The first kappa shape index (κ1) is 17.7. The summed E-state index contributed by atoms with van der Waals surface area (Å²) in [5.74, 6) is -0.906. The standard InChI is InChI=1S/C15H19F3N2O3/c1-23-14(22)13(21)10-4-7-20(8-5-10)9-12-11(15(16,17)18)3-2-6-19-12/h2-3,6,10,13,21H,4-5,7-9H2,1H3. The molecule has 0 bridgehead atoms. The van der Waals surface area contributed by atoms with E-state index in [1.807, 2.05) is 4.90 Å². The van der Waals surface area contributed by atoms with E-state index in [4.69, 9.17) is 0 Å². The fourth-order valence-corrected chi connectivity index (χ4v) is 2.77. The molecule has 0 spiro atoms. The van der Waals surface area contributed by atoms with Crippen molar-refractivity contribution in [3.63, 3.8) is 0 Å². The van der Waals surface area contributed by atoms with Gasteiger partial charge < -0.3 is 9.84 Å². The van der Waals surface area contributed by atoms with Crippen molar-refractivity contribution >= 4 is 5.97 Å². The van der Waals surface area contributed by atoms with E-state index in [0.29, 0.717) is 25.9 Å². The molecule has 2 heterocycles. The molecule has 1 aromatic rings. The molecule has 8 heteroatoms. The number of ether oxygens (including phenoxy) is 1. The van der Waals surface area contributed by atoms with E-state index in [0.717, 1.165) is 6.07 Å². The number of hydrogen-bond donors (Lipinski definition) is 1. The molecule has 1 aromatic heterocycles. The van der Waals surface area contributed by atoms with Crippen LogP contribution in [0, 0.1) is 5.92 Å². The van der Waals surface area contributed by atoms with Gasteiger partial charge in [-0.05, 0) is 44.0 Å². The van der Waals surface area contributed by atoms with Crippen LogP contribution in [0.5, 0.6) is 0 Å². The molecule has 0 saturated carbocycles. The normalized spacial score (nSPS) is 18.7. The number of nitrogens with zero attached hydrogens (tertiary/aromatic N) is 2. The van der Waals surface area contributed by atoms with Crippen molar-refractivity contribution in [2.24, 2.45) is 5.92 Å². The van der Waals surface area contributed by atoms with Crippen LogP contribution in [0.1, 0.15) is 24.1 Å². The first-order valence-electron chi connectivity index (χ1n) is 7.32. The largest absolute Gasteiger partial charge is 0.467 e. The number of aliphatic hydroxyl groups excluding tert-OH is 1. The van der Waals surface area contributed by atoms with Crippen LogP contribution < -0.4 is 0 Å². The van der Waals surface area contributed by atoms with Gasteiger partial charge in [-0.15, -0.1) is 0 Å². The monoisotopic (exact) mass is 332 g/mol. The smallest absolute Gasteiger partial charge is 0.418 e. The summed E-state index contributed by atoms with van der Waals surface area (Å²) >= 11 is 0. The maximum absolute atomic E-state index is 13.0. The van der Waals surface area contributed by atoms with Crippen LogP contribution in [-0.2, 0) is 22.3 Å². The summed E-state index contributed by atoms with van der Waals surface area (Å²) in [4.78, 5) is 17.0. The molecule has 1 fully saturated rings. The fraction of sp³-hybridized carbons (Fsp3) is 0.600. The Labute approximate surface area is 132 Å². The predicted octanol–water partition coefficient (Wildman–Crippen LogP) is 1.85. The lowest BCUT2D eigenvalue weighted by atomic mass is 9.91. The Balaban J connectivity index is 1.96. The third kappa shape index (κ3) is 4.42. The highest BCUT2D eigenvalue weighted by molar-refractivity contribution is 5.74. The zero-order valence-corrected chi connectivity index (χ0v) is 12.7. The van der Waals surface area contributed by atoms with Gasteiger partial charge in [0.1, 0.15) is 0 Å². The molecule has 2 rings (SSSR count). The molecular formula is C15H19F3N2O3. The molecule has 0 amide bonds. The van der Waals surface area contributed by atoms with E-state index in [1.54, 1.807) is 0 Å². The minimum absolute atomic E-state index is 0.00744. The van der Waals surface area contributed by atoms with Gasteiger partial charge in [0.2, 0.25) is 0 Å². The Morgan fingerprint density at radius 3 is 2.70 bits per heavy atom. The van der Waals surface area contributed by atoms with Gasteiger partial charge in [0.25, 0.3) is 0 Å². The van der Waals surface area contributed by atoms with Gasteiger partial charge in [0, 0.05) is 12.7 Å². The van der Waals surface area contributed by atoms with Crippen LogP contribution in [0.3, 0.4) is 0 Å². The molecule has 23 heavy (non-hydrogen) atoms. The number of piperidine rings is 1. The number of alkyl halides is 3. The van der Waals surface area contributed by atoms with Gasteiger partial charge in [-0.25, -0.2) is 4.79 Å². The molecule has 1 saturated heterocycles. The van der Waals surface area contributed by atoms with E-state index in [9.17, 15) is 23.1 Å². The molecule has 1 aliphatic heterocycles. The SMILES string of the molecule is COC(=O)C(O)C1CCN(Cc2ncccc2C(F)(F)F)CC1. The van der Waals surface area contributed by atoms with Crippen molar-refractivity contribution < 1.29 is 27.8 Å². The van der Waals surface area contributed by atoms with Crippen LogP contribution in [0.2, 0.25) is 0 Å². The zero-order valence-electron chi connectivity index (χ0n) is 12.7. The first-order chi connectivity index (χ1) is 10.8. The Hall–Kier alpha value is -1.67. The van der Waals surface area contributed by atoms with Crippen molar-refractivity contribution in [1.29, 1.82) is 0 Å². The number of aliphatic hydroxyl groups is 1. The number of rotatable bonds is 4. The van der Waals surface area contributed by atoms with E-state index in [1.165, 1.54) is 19.4 Å². The Bertz CT molecular complexity index is 543. The van der Waals surface area contributed by atoms with Gasteiger partial charge in [-0.3, -0.25) is 9.88 Å². The van der Waals surface area contributed by atoms with Gasteiger partial charge in [0.05, 0.1) is 18.4 Å². The number of halogens is 3. The second kappa shape index (κ2) is 7.27. The molecule has 0 radical (unpaired) electrons. The summed E-state index contributed by atoms with van der Waals surface area (Å²) in [5, 5.41) is 9.82. The van der Waals surface area contributed by atoms with Crippen LogP contribution >= 0.6 is 0 Å². The van der Waals surface area contributed by atoms with Gasteiger partial charge >= 0.3 is 12.1 Å². The third-order valence-corrected chi connectivity index (χ3v) is 4.09. The zero-order chi connectivity index (χ0) is 17.0. The minimum atomic E-state index is -4.43. The summed E-state index contributed by atoms with van der Waals surface area (Å²) < 4.78 is 43.4. The number of hydrogen-bond acceptors (Lipinski definition) is 5. The van der Waals surface area contributed by atoms with E-state index in [-0.39, 0.29) is 18.2 Å². The second-order valence-electron chi connectivity index (χ2n) is 5.58. The van der Waals surface area contributed by atoms with Crippen molar-refractivity contribution in [3.8, 4) is 0 Å². The number of carbonyl (C=O) groups excluding carboxylic acids is 1. The third-order valence-electron chi connectivity index (χ3n) is 4.09. The Morgan fingerprint density at radius 1 is 1.48 bits per heavy atom. The summed E-state index contributed by atoms with van der Waals surface area (Å²) in [6.45, 7) is 1.08. The first-order valence-corrected chi connectivity index (χ1v) is 7.32. The lowest BCUT2D eigenvalue weighted by Crippen LogP contribution is -2.40. The maximum atomic E-state index is 13.0. The lowest BCUT2D eigenvalue weighted by Gasteiger charge is -2.33. The Kier molecular flexibility index (Phi) is 5.59. The second-order valence-corrected chi connectivity index (χ2v) is 5.58. The molecule has 1 N–H and O–H groups in total. The van der Waals surface area contributed by atoms with E-state index < -0.39 is 23.8 Å². The van der Waals surface area contributed by atoms with Crippen molar-refractivity contribution in [2.45, 2.75) is 31.7 Å². The Morgan fingerprint density at radius 2 is 2.13 bits per heavy atom. The van der Waals surface area contributed by atoms with Gasteiger partial charge in [-0.1, -0.05) is 0 Å². The summed E-state index contributed by atoms with van der Waals surface area (Å²) in [6.07, 6.45) is -3.22. The topological polar surface area (TPSA) is 62.7 Å². The van der Waals surface area contributed by atoms with Gasteiger partial charge in [-0.2, -0.15) is 13.2 Å². The molecular weight excluding hydrogens is 313 g/mol. The van der Waals surface area contributed by atoms with Crippen LogP contribution in [0.4, 0.5) is 13.2 Å².